The molecule has 0 amide bonds. The van der Waals surface area contributed by atoms with Crippen LogP contribution in [0, 0.1) is 5.92 Å². The summed E-state index contributed by atoms with van der Waals surface area (Å²) in [5.41, 5.74) is 1.19. The maximum Gasteiger partial charge on any atom is 0.0568 e. The molecule has 2 atom stereocenters. The molecule has 0 aromatic carbocycles. The van der Waals surface area contributed by atoms with Gasteiger partial charge in [0.2, 0.25) is 0 Å². The molecular weight excluding hydrogens is 122 g/mol. The van der Waals surface area contributed by atoms with Crippen LogP contribution in [0.25, 0.3) is 0 Å². The first-order chi connectivity index (χ1) is 4.79. The van der Waals surface area contributed by atoms with Gasteiger partial charge in [-0.1, -0.05) is 24.3 Å². The van der Waals surface area contributed by atoms with E-state index in [0.717, 1.165) is 6.42 Å². The number of hydrogen-bond donors (Lipinski definition) is 0. The van der Waals surface area contributed by atoms with Gasteiger partial charge in [0, 0.05) is 5.92 Å². The Morgan fingerprint density at radius 1 is 1.70 bits per heavy atom. The fourth-order valence-electron chi connectivity index (χ4n) is 1.12. The second-order valence-electron chi connectivity index (χ2n) is 2.67. The smallest absolute Gasteiger partial charge is 0.0568 e. The average molecular weight is 135 g/mol. The first kappa shape index (κ1) is 7.26. The Labute approximate surface area is 62.2 Å². The minimum Gasteiger partial charge on any atom is -0.297 e. The largest absolute Gasteiger partial charge is 0.297 e. The summed E-state index contributed by atoms with van der Waals surface area (Å²) >= 11 is 0. The van der Waals surface area contributed by atoms with Crippen molar-refractivity contribution in [1.82, 2.24) is 0 Å². The molecule has 0 aromatic heterocycles. The molecule has 0 saturated heterocycles. The maximum atomic E-state index is 3.94. The van der Waals surface area contributed by atoms with Crippen molar-refractivity contribution >= 4 is 6.72 Å². The molecule has 2 unspecified atom stereocenters. The number of nitrogens with zero attached hydrogens (tertiary/aromatic N) is 1. The Kier molecular flexibility index (Phi) is 2.05. The zero-order valence-corrected chi connectivity index (χ0v) is 6.38. The molecule has 1 heteroatoms. The van der Waals surface area contributed by atoms with Crippen LogP contribution in [0.4, 0.5) is 0 Å². The van der Waals surface area contributed by atoms with Crippen LogP contribution >= 0.6 is 0 Å². The minimum absolute atomic E-state index is 0.462. The maximum absolute atomic E-state index is 3.94. The van der Waals surface area contributed by atoms with E-state index in [1.807, 2.05) is 13.0 Å². The van der Waals surface area contributed by atoms with Crippen molar-refractivity contribution in [3.63, 3.8) is 0 Å². The van der Waals surface area contributed by atoms with Crippen LogP contribution in [0.2, 0.25) is 0 Å². The summed E-state index contributed by atoms with van der Waals surface area (Å²) in [6, 6.07) is 0.462. The highest BCUT2D eigenvalue weighted by Gasteiger charge is 2.37. The van der Waals surface area contributed by atoms with E-state index in [1.165, 1.54) is 5.57 Å². The van der Waals surface area contributed by atoms with Crippen LogP contribution in [-0.2, 0) is 0 Å². The SMILES string of the molecule is C=NC1CC1C(=C)/C=C\C. The predicted molar refractivity (Wildman–Crippen MR) is 45.4 cm³/mol. The predicted octanol–water partition coefficient (Wildman–Crippen LogP) is 2.21. The van der Waals surface area contributed by atoms with Crippen molar-refractivity contribution in [3.8, 4) is 0 Å². The summed E-state index contributed by atoms with van der Waals surface area (Å²) < 4.78 is 0. The molecule has 0 spiro atoms. The quantitative estimate of drug-likeness (QED) is 0.415. The summed E-state index contributed by atoms with van der Waals surface area (Å²) in [4.78, 5) is 3.94. The number of allylic oxidation sites excluding steroid dienone is 2. The monoisotopic (exact) mass is 135 g/mol. The molecule has 54 valence electrons. The van der Waals surface area contributed by atoms with Gasteiger partial charge in [0.25, 0.3) is 0 Å². The molecule has 0 bridgehead atoms. The van der Waals surface area contributed by atoms with E-state index in [-0.39, 0.29) is 0 Å². The highest BCUT2D eigenvalue weighted by molar-refractivity contribution is 5.31. The highest BCUT2D eigenvalue weighted by atomic mass is 14.8. The first-order valence-corrected chi connectivity index (χ1v) is 3.57. The van der Waals surface area contributed by atoms with Gasteiger partial charge in [-0.25, -0.2) is 0 Å². The van der Waals surface area contributed by atoms with Crippen molar-refractivity contribution in [2.45, 2.75) is 19.4 Å². The van der Waals surface area contributed by atoms with Gasteiger partial charge < -0.3 is 0 Å². The molecule has 1 rings (SSSR count). The standard InChI is InChI=1S/C9H13N/c1-4-5-7(2)8-6-9(8)10-3/h4-5,8-9H,2-3,6H2,1H3/b5-4-. The minimum atomic E-state index is 0.462. The van der Waals surface area contributed by atoms with E-state index in [4.69, 9.17) is 0 Å². The van der Waals surface area contributed by atoms with E-state index >= 15 is 0 Å². The van der Waals surface area contributed by atoms with E-state index in [1.54, 1.807) is 0 Å². The molecule has 0 heterocycles. The molecule has 1 fully saturated rings. The fraction of sp³-hybridized carbons (Fsp3) is 0.444. The summed E-state index contributed by atoms with van der Waals surface area (Å²) in [5, 5.41) is 0. The van der Waals surface area contributed by atoms with E-state index < -0.39 is 0 Å². The van der Waals surface area contributed by atoms with Gasteiger partial charge >= 0.3 is 0 Å². The zero-order chi connectivity index (χ0) is 7.56. The summed E-state index contributed by atoms with van der Waals surface area (Å²) in [5.74, 6) is 0.591. The molecule has 1 aliphatic rings. The third-order valence-corrected chi connectivity index (χ3v) is 1.85. The van der Waals surface area contributed by atoms with Crippen LogP contribution in [-0.4, -0.2) is 12.8 Å². The second kappa shape index (κ2) is 2.82. The first-order valence-electron chi connectivity index (χ1n) is 3.57. The van der Waals surface area contributed by atoms with Crippen LogP contribution in [0.1, 0.15) is 13.3 Å². The number of hydrogen-bond acceptors (Lipinski definition) is 1. The molecule has 0 N–H and O–H groups in total. The lowest BCUT2D eigenvalue weighted by molar-refractivity contribution is 0.952. The van der Waals surface area contributed by atoms with Crippen molar-refractivity contribution in [1.29, 1.82) is 0 Å². The second-order valence-corrected chi connectivity index (χ2v) is 2.67. The average Bonchev–Trinajstić information content (AvgIpc) is 2.66. The summed E-state index contributed by atoms with van der Waals surface area (Å²) in [6.07, 6.45) is 5.21. The Bertz CT molecular complexity index is 179. The molecule has 0 radical (unpaired) electrons. The molecule has 1 nitrogen and oxygen atoms in total. The summed E-state index contributed by atoms with van der Waals surface area (Å²) in [7, 11) is 0. The highest BCUT2D eigenvalue weighted by Crippen LogP contribution is 2.39. The van der Waals surface area contributed by atoms with Crippen LogP contribution in [0.3, 0.4) is 0 Å². The van der Waals surface area contributed by atoms with Gasteiger partial charge in [-0.15, -0.1) is 0 Å². The van der Waals surface area contributed by atoms with Gasteiger partial charge in [0.1, 0.15) is 0 Å². The molecule has 0 aromatic rings. The molecular formula is C9H13N. The van der Waals surface area contributed by atoms with Gasteiger partial charge in [-0.05, 0) is 20.1 Å². The third kappa shape index (κ3) is 1.35. The molecule has 0 aliphatic heterocycles. The van der Waals surface area contributed by atoms with E-state index in [0.29, 0.717) is 12.0 Å². The molecule has 1 saturated carbocycles. The van der Waals surface area contributed by atoms with Crippen molar-refractivity contribution in [2.75, 3.05) is 0 Å². The van der Waals surface area contributed by atoms with Crippen molar-refractivity contribution < 1.29 is 0 Å². The lowest BCUT2D eigenvalue weighted by Crippen LogP contribution is -1.84. The van der Waals surface area contributed by atoms with Gasteiger partial charge in [0.15, 0.2) is 0 Å². The van der Waals surface area contributed by atoms with Crippen LogP contribution in [0.15, 0.2) is 29.3 Å². The third-order valence-electron chi connectivity index (χ3n) is 1.85. The van der Waals surface area contributed by atoms with Crippen molar-refractivity contribution in [2.24, 2.45) is 10.9 Å². The topological polar surface area (TPSA) is 12.4 Å². The van der Waals surface area contributed by atoms with Gasteiger partial charge in [0.05, 0.1) is 6.04 Å². The Hall–Kier alpha value is -0.850. The lowest BCUT2D eigenvalue weighted by Gasteiger charge is -1.92. The molecule has 10 heavy (non-hydrogen) atoms. The van der Waals surface area contributed by atoms with E-state index in [9.17, 15) is 0 Å². The van der Waals surface area contributed by atoms with Crippen LogP contribution in [0.5, 0.6) is 0 Å². The normalized spacial score (nSPS) is 30.5. The Balaban J connectivity index is 2.39. The number of aliphatic imine (C=N–C) groups is 1. The zero-order valence-electron chi connectivity index (χ0n) is 6.38. The van der Waals surface area contributed by atoms with Crippen molar-refractivity contribution in [3.05, 3.63) is 24.3 Å². The van der Waals surface area contributed by atoms with Gasteiger partial charge in [-0.2, -0.15) is 0 Å². The van der Waals surface area contributed by atoms with Gasteiger partial charge in [-0.3, -0.25) is 4.99 Å². The van der Waals surface area contributed by atoms with E-state index in [2.05, 4.69) is 24.4 Å². The summed E-state index contributed by atoms with van der Waals surface area (Å²) in [6.45, 7) is 9.43. The fourth-order valence-corrected chi connectivity index (χ4v) is 1.12. The number of rotatable bonds is 3. The lowest BCUT2D eigenvalue weighted by atomic mass is 10.2. The Morgan fingerprint density at radius 2 is 2.40 bits per heavy atom. The molecule has 1 aliphatic carbocycles. The Morgan fingerprint density at radius 3 is 2.80 bits per heavy atom. The van der Waals surface area contributed by atoms with Crippen LogP contribution < -0.4 is 0 Å².